The van der Waals surface area contributed by atoms with Crippen molar-refractivity contribution in [1.82, 2.24) is 14.8 Å². The molecule has 1 spiro atoms. The molecule has 1 aromatic rings. The van der Waals surface area contributed by atoms with Gasteiger partial charge in [0.2, 0.25) is 0 Å². The molecule has 3 heterocycles. The number of carbonyl (C=O) groups excluding carboxylic acids is 1. The Labute approximate surface area is 148 Å². The third-order valence-corrected chi connectivity index (χ3v) is 6.92. The monoisotopic (exact) mass is 349 g/mol. The molecule has 0 aromatic carbocycles. The highest BCUT2D eigenvalue weighted by molar-refractivity contribution is 7.07. The summed E-state index contributed by atoms with van der Waals surface area (Å²) in [5, 5.41) is 1.86. The normalized spacial score (nSPS) is 27.5. The van der Waals surface area contributed by atoms with Gasteiger partial charge in [0, 0.05) is 25.1 Å². The number of hydrogen-bond donors (Lipinski definition) is 0. The molecule has 1 aromatic heterocycles. The first-order valence-corrected chi connectivity index (χ1v) is 10.1. The Morgan fingerprint density at radius 2 is 2.21 bits per heavy atom. The second-order valence-corrected chi connectivity index (χ2v) is 8.46. The molecule has 132 valence electrons. The zero-order valence-electron chi connectivity index (χ0n) is 14.4. The van der Waals surface area contributed by atoms with Crippen LogP contribution in [0.2, 0.25) is 0 Å². The molecular weight excluding hydrogens is 322 g/mol. The minimum absolute atomic E-state index is 0.0802. The minimum atomic E-state index is 0.0802. The van der Waals surface area contributed by atoms with Crippen LogP contribution in [0.25, 0.3) is 0 Å². The van der Waals surface area contributed by atoms with Crippen LogP contribution in [0.5, 0.6) is 0 Å². The lowest BCUT2D eigenvalue weighted by molar-refractivity contribution is 0.0444. The van der Waals surface area contributed by atoms with Gasteiger partial charge in [-0.25, -0.2) is 4.98 Å². The number of ether oxygens (including phenoxy) is 1. The van der Waals surface area contributed by atoms with Crippen LogP contribution >= 0.6 is 11.3 Å². The summed E-state index contributed by atoms with van der Waals surface area (Å²) < 4.78 is 5.42. The molecule has 1 atom stereocenters. The highest BCUT2D eigenvalue weighted by Crippen LogP contribution is 2.45. The van der Waals surface area contributed by atoms with Crippen LogP contribution in [-0.2, 0) is 4.74 Å². The molecule has 2 aliphatic heterocycles. The predicted molar refractivity (Wildman–Crippen MR) is 94.3 cm³/mol. The Kier molecular flexibility index (Phi) is 4.62. The SMILES string of the molecule is COC[C@@H]1CC2(CCN(C3CCC3)CC2)CN1C(=O)c1cscn1. The molecule has 1 aliphatic carbocycles. The van der Waals surface area contributed by atoms with Gasteiger partial charge in [0.1, 0.15) is 5.69 Å². The summed E-state index contributed by atoms with van der Waals surface area (Å²) in [7, 11) is 1.73. The first-order valence-electron chi connectivity index (χ1n) is 9.13. The lowest BCUT2D eigenvalue weighted by Gasteiger charge is -2.45. The highest BCUT2D eigenvalue weighted by Gasteiger charge is 2.48. The van der Waals surface area contributed by atoms with E-state index < -0.39 is 0 Å². The lowest BCUT2D eigenvalue weighted by atomic mass is 9.75. The van der Waals surface area contributed by atoms with Gasteiger partial charge in [0.25, 0.3) is 5.91 Å². The molecule has 3 fully saturated rings. The van der Waals surface area contributed by atoms with E-state index in [9.17, 15) is 4.79 Å². The third kappa shape index (κ3) is 3.00. The standard InChI is InChI=1S/C18H27N3O2S/c1-23-10-15-9-18(5-7-20(8-6-18)14-3-2-4-14)12-21(15)17(22)16-11-24-13-19-16/h11,13-15H,2-10,12H2,1H3/t15-/m0/s1. The van der Waals surface area contributed by atoms with Crippen molar-refractivity contribution in [2.24, 2.45) is 5.41 Å². The van der Waals surface area contributed by atoms with Gasteiger partial charge in [-0.3, -0.25) is 4.79 Å². The maximum atomic E-state index is 12.9. The van der Waals surface area contributed by atoms with Gasteiger partial charge >= 0.3 is 0 Å². The van der Waals surface area contributed by atoms with Gasteiger partial charge < -0.3 is 14.5 Å². The molecule has 0 N–H and O–H groups in total. The number of carbonyl (C=O) groups is 1. The van der Waals surface area contributed by atoms with E-state index in [4.69, 9.17) is 4.74 Å². The average molecular weight is 350 g/mol. The van der Waals surface area contributed by atoms with E-state index in [1.165, 1.54) is 56.5 Å². The molecular formula is C18H27N3O2S. The zero-order chi connectivity index (χ0) is 16.6. The van der Waals surface area contributed by atoms with Crippen molar-refractivity contribution in [3.8, 4) is 0 Å². The Morgan fingerprint density at radius 1 is 1.42 bits per heavy atom. The summed E-state index contributed by atoms with van der Waals surface area (Å²) in [4.78, 5) is 21.8. The van der Waals surface area contributed by atoms with Crippen LogP contribution in [0.15, 0.2) is 10.9 Å². The second kappa shape index (κ2) is 6.73. The van der Waals surface area contributed by atoms with Crippen LogP contribution in [0, 0.1) is 5.41 Å². The molecule has 24 heavy (non-hydrogen) atoms. The van der Waals surface area contributed by atoms with Crippen molar-refractivity contribution < 1.29 is 9.53 Å². The molecule has 0 bridgehead atoms. The first-order chi connectivity index (χ1) is 11.7. The molecule has 3 aliphatic rings. The van der Waals surface area contributed by atoms with Crippen molar-refractivity contribution in [3.05, 3.63) is 16.6 Å². The van der Waals surface area contributed by atoms with E-state index in [2.05, 4.69) is 9.88 Å². The van der Waals surface area contributed by atoms with Crippen molar-refractivity contribution in [2.75, 3.05) is 33.4 Å². The summed E-state index contributed by atoms with van der Waals surface area (Å²) in [6.07, 6.45) is 7.67. The van der Waals surface area contributed by atoms with Gasteiger partial charge in [0.05, 0.1) is 18.2 Å². The maximum absolute atomic E-state index is 12.9. The van der Waals surface area contributed by atoms with E-state index >= 15 is 0 Å². The van der Waals surface area contributed by atoms with Gasteiger partial charge in [-0.05, 0) is 50.6 Å². The van der Waals surface area contributed by atoms with E-state index in [1.54, 1.807) is 12.6 Å². The molecule has 0 unspecified atom stereocenters. The third-order valence-electron chi connectivity index (χ3n) is 6.34. The predicted octanol–water partition coefficient (Wildman–Crippen LogP) is 2.64. The summed E-state index contributed by atoms with van der Waals surface area (Å²) >= 11 is 1.48. The zero-order valence-corrected chi connectivity index (χ0v) is 15.3. The second-order valence-electron chi connectivity index (χ2n) is 7.74. The van der Waals surface area contributed by atoms with Crippen molar-refractivity contribution in [1.29, 1.82) is 0 Å². The van der Waals surface area contributed by atoms with Crippen LogP contribution in [0.4, 0.5) is 0 Å². The number of piperidine rings is 1. The largest absolute Gasteiger partial charge is 0.383 e. The fourth-order valence-electron chi connectivity index (χ4n) is 4.69. The van der Waals surface area contributed by atoms with Crippen LogP contribution in [0.1, 0.15) is 49.0 Å². The molecule has 2 saturated heterocycles. The number of methoxy groups -OCH3 is 1. The Morgan fingerprint density at radius 3 is 2.79 bits per heavy atom. The summed E-state index contributed by atoms with van der Waals surface area (Å²) in [5.41, 5.74) is 2.61. The first kappa shape index (κ1) is 16.5. The van der Waals surface area contributed by atoms with E-state index in [0.29, 0.717) is 12.3 Å². The van der Waals surface area contributed by atoms with E-state index in [0.717, 1.165) is 19.0 Å². The van der Waals surface area contributed by atoms with Crippen molar-refractivity contribution in [2.45, 2.75) is 50.6 Å². The fraction of sp³-hybridized carbons (Fsp3) is 0.778. The summed E-state index contributed by atoms with van der Waals surface area (Å²) in [6.45, 7) is 3.89. The van der Waals surface area contributed by atoms with Gasteiger partial charge in [-0.1, -0.05) is 6.42 Å². The van der Waals surface area contributed by atoms with E-state index in [-0.39, 0.29) is 17.4 Å². The Balaban J connectivity index is 1.45. The number of likely N-dealkylation sites (tertiary alicyclic amines) is 2. The number of nitrogens with zero attached hydrogens (tertiary/aromatic N) is 3. The maximum Gasteiger partial charge on any atom is 0.273 e. The lowest BCUT2D eigenvalue weighted by Crippen LogP contribution is -2.48. The highest BCUT2D eigenvalue weighted by atomic mass is 32.1. The summed E-state index contributed by atoms with van der Waals surface area (Å²) in [5.74, 6) is 0.0802. The average Bonchev–Trinajstić information content (AvgIpc) is 3.17. The number of hydrogen-bond acceptors (Lipinski definition) is 5. The van der Waals surface area contributed by atoms with Gasteiger partial charge in [0.15, 0.2) is 0 Å². The van der Waals surface area contributed by atoms with E-state index in [1.807, 2.05) is 10.3 Å². The Hall–Kier alpha value is -0.980. The van der Waals surface area contributed by atoms with Crippen molar-refractivity contribution >= 4 is 17.2 Å². The van der Waals surface area contributed by atoms with Crippen LogP contribution < -0.4 is 0 Å². The molecule has 4 rings (SSSR count). The topological polar surface area (TPSA) is 45.7 Å². The fourth-order valence-corrected chi connectivity index (χ4v) is 5.21. The molecule has 5 nitrogen and oxygen atoms in total. The number of amides is 1. The minimum Gasteiger partial charge on any atom is -0.383 e. The number of rotatable bonds is 4. The Bertz CT molecular complexity index is 565. The summed E-state index contributed by atoms with van der Waals surface area (Å²) in [6, 6.07) is 1.03. The van der Waals surface area contributed by atoms with Crippen molar-refractivity contribution in [3.63, 3.8) is 0 Å². The smallest absolute Gasteiger partial charge is 0.273 e. The van der Waals surface area contributed by atoms with Gasteiger partial charge in [-0.15, -0.1) is 11.3 Å². The van der Waals surface area contributed by atoms with Crippen LogP contribution in [-0.4, -0.2) is 66.1 Å². The number of thiazole rings is 1. The quantitative estimate of drug-likeness (QED) is 0.838. The van der Waals surface area contributed by atoms with Gasteiger partial charge in [-0.2, -0.15) is 0 Å². The molecule has 1 saturated carbocycles. The molecule has 1 amide bonds. The molecule has 0 radical (unpaired) electrons. The molecule has 6 heteroatoms. The van der Waals surface area contributed by atoms with Crippen LogP contribution in [0.3, 0.4) is 0 Å². The number of aromatic nitrogens is 1.